The van der Waals surface area contributed by atoms with Crippen molar-refractivity contribution in [1.29, 1.82) is 0 Å². The summed E-state index contributed by atoms with van der Waals surface area (Å²) < 4.78 is 4.65. The quantitative estimate of drug-likeness (QED) is 0.785. The monoisotopic (exact) mass is 300 g/mol. The molecule has 0 atom stereocenters. The average Bonchev–Trinajstić information content (AvgIpc) is 2.22. The largest absolute Gasteiger partial charge is 0.872 e. The van der Waals surface area contributed by atoms with E-state index < -0.39 is 19.8 Å². The fourth-order valence-corrected chi connectivity index (χ4v) is 5.45. The van der Waals surface area contributed by atoms with Crippen molar-refractivity contribution >= 4 is 19.8 Å². The van der Waals surface area contributed by atoms with Crippen molar-refractivity contribution in [3.63, 3.8) is 0 Å². The average molecular weight is 299 g/mol. The van der Waals surface area contributed by atoms with Gasteiger partial charge >= 0.3 is 53.8 Å². The molecular formula is C12H20OSn. The number of hydrogen-bond acceptors (Lipinski definition) is 1. The second kappa shape index (κ2) is 9.38. The predicted molar refractivity (Wildman–Crippen MR) is 63.1 cm³/mol. The van der Waals surface area contributed by atoms with Crippen molar-refractivity contribution in [2.75, 3.05) is 0 Å². The zero-order valence-corrected chi connectivity index (χ0v) is 12.3. The Morgan fingerprint density at radius 3 is 1.50 bits per heavy atom. The summed E-state index contributed by atoms with van der Waals surface area (Å²) in [7, 11) is 0. The van der Waals surface area contributed by atoms with Crippen LogP contribution in [0.5, 0.6) is 5.75 Å². The van der Waals surface area contributed by atoms with Gasteiger partial charge in [-0.15, -0.1) is 5.75 Å². The first-order chi connectivity index (χ1) is 6.74. The Kier molecular flexibility index (Phi) is 9.26. The molecule has 0 spiro atoms. The van der Waals surface area contributed by atoms with E-state index in [1.807, 2.05) is 6.07 Å². The molecule has 2 heteroatoms. The van der Waals surface area contributed by atoms with E-state index in [0.717, 1.165) is 0 Å². The molecule has 0 N–H and O–H groups in total. The fraction of sp³-hybridized carbons (Fsp3) is 0.500. The molecule has 0 aliphatic heterocycles. The summed E-state index contributed by atoms with van der Waals surface area (Å²) in [6.45, 7) is 7.05. The molecule has 0 fully saturated rings. The van der Waals surface area contributed by atoms with Gasteiger partial charge in [0.1, 0.15) is 0 Å². The van der Waals surface area contributed by atoms with Gasteiger partial charge in [-0.05, 0) is 0 Å². The Bertz CT molecular complexity index is 201. The smallest absolute Gasteiger partial charge is 0.0623 e. The maximum absolute atomic E-state index is 10.3. The van der Waals surface area contributed by atoms with Crippen LogP contribution in [0.4, 0.5) is 0 Å². The van der Waals surface area contributed by atoms with E-state index in [1.54, 1.807) is 25.4 Å². The third kappa shape index (κ3) is 7.24. The molecule has 1 aromatic rings. The second-order valence-corrected chi connectivity index (χ2v) is 13.5. The number of rotatable bonds is 3. The van der Waals surface area contributed by atoms with Gasteiger partial charge in [0.25, 0.3) is 0 Å². The normalized spacial score (nSPS) is 8.79. The van der Waals surface area contributed by atoms with Crippen LogP contribution in [0.25, 0.3) is 0 Å². The molecule has 1 rings (SSSR count). The van der Waals surface area contributed by atoms with Gasteiger partial charge in [0.15, 0.2) is 0 Å². The standard InChI is InChI=1S/C6H6O.3C2H5.Sn/c7-6-4-2-1-3-5-6;3*1-2;/h1-5,7H;3*1H2,2H3;/q;;;;+1/p-1. The molecule has 14 heavy (non-hydrogen) atoms. The van der Waals surface area contributed by atoms with Crippen LogP contribution < -0.4 is 5.11 Å². The molecule has 0 aliphatic carbocycles. The van der Waals surface area contributed by atoms with Crippen LogP contribution in [-0.4, -0.2) is 19.8 Å². The van der Waals surface area contributed by atoms with Gasteiger partial charge in [0.05, 0.1) is 0 Å². The van der Waals surface area contributed by atoms with Crippen LogP contribution in [0.15, 0.2) is 30.3 Å². The van der Waals surface area contributed by atoms with Gasteiger partial charge in [0, 0.05) is 0 Å². The third-order valence-corrected chi connectivity index (χ3v) is 10.8. The summed E-state index contributed by atoms with van der Waals surface area (Å²) in [4.78, 5) is 0. The van der Waals surface area contributed by atoms with E-state index in [-0.39, 0.29) is 5.75 Å². The van der Waals surface area contributed by atoms with Crippen LogP contribution in [-0.2, 0) is 0 Å². The molecule has 0 bridgehead atoms. The Balaban J connectivity index is 0.000000241. The minimum absolute atomic E-state index is 0.0718. The van der Waals surface area contributed by atoms with Crippen molar-refractivity contribution < 1.29 is 5.11 Å². The number of hydrogen-bond donors (Lipinski definition) is 0. The Labute approximate surface area is 94.9 Å². The predicted octanol–water partition coefficient (Wildman–Crippen LogP) is 3.30. The maximum atomic E-state index is 10.3. The Morgan fingerprint density at radius 1 is 0.929 bits per heavy atom. The maximum Gasteiger partial charge on any atom is -0.0623 e. The number of para-hydroxylation sites is 1. The molecule has 0 saturated carbocycles. The minimum atomic E-state index is -0.653. The molecule has 0 saturated heterocycles. The molecule has 0 amide bonds. The first-order valence-corrected chi connectivity index (χ1v) is 11.4. The first-order valence-electron chi connectivity index (χ1n) is 5.30. The van der Waals surface area contributed by atoms with E-state index in [2.05, 4.69) is 20.8 Å². The van der Waals surface area contributed by atoms with Gasteiger partial charge in [-0.3, -0.25) is 0 Å². The second-order valence-electron chi connectivity index (χ2n) is 3.12. The van der Waals surface area contributed by atoms with E-state index in [0.29, 0.717) is 0 Å². The van der Waals surface area contributed by atoms with Crippen LogP contribution in [0.3, 0.4) is 0 Å². The van der Waals surface area contributed by atoms with Gasteiger partial charge in [-0.25, -0.2) is 0 Å². The van der Waals surface area contributed by atoms with Crippen molar-refractivity contribution in [3.8, 4) is 5.75 Å². The molecule has 0 unspecified atom stereocenters. The molecule has 78 valence electrons. The van der Waals surface area contributed by atoms with E-state index in [1.165, 1.54) is 12.1 Å². The molecule has 0 aliphatic rings. The molecule has 1 nitrogen and oxygen atoms in total. The Morgan fingerprint density at radius 2 is 1.36 bits per heavy atom. The van der Waals surface area contributed by atoms with Crippen molar-refractivity contribution in [1.82, 2.24) is 0 Å². The summed E-state index contributed by atoms with van der Waals surface area (Å²) in [5.41, 5.74) is 0. The summed E-state index contributed by atoms with van der Waals surface area (Å²) in [5, 5.41) is 10.3. The van der Waals surface area contributed by atoms with Gasteiger partial charge in [-0.1, -0.05) is 30.3 Å². The van der Waals surface area contributed by atoms with E-state index in [9.17, 15) is 5.11 Å². The Hall–Kier alpha value is -0.181. The number of benzene rings is 1. The van der Waals surface area contributed by atoms with Crippen LogP contribution >= 0.6 is 0 Å². The molecular weight excluding hydrogens is 279 g/mol. The van der Waals surface area contributed by atoms with Crippen molar-refractivity contribution in [2.24, 2.45) is 0 Å². The molecule has 1 aromatic carbocycles. The zero-order valence-electron chi connectivity index (χ0n) is 9.42. The van der Waals surface area contributed by atoms with E-state index >= 15 is 0 Å². The topological polar surface area (TPSA) is 23.1 Å². The third-order valence-electron chi connectivity index (χ3n) is 2.24. The van der Waals surface area contributed by atoms with Crippen LogP contribution in [0.1, 0.15) is 20.8 Å². The van der Waals surface area contributed by atoms with Crippen LogP contribution in [0, 0.1) is 0 Å². The summed E-state index contributed by atoms with van der Waals surface area (Å²) in [6.07, 6.45) is 0. The SMILES string of the molecule is C[CH2][Sn+]([CH2]C)[CH2]C.[O-]c1ccccc1. The molecule has 0 aromatic heterocycles. The molecule has 0 radical (unpaired) electrons. The zero-order chi connectivity index (χ0) is 10.8. The van der Waals surface area contributed by atoms with Crippen molar-refractivity contribution in [2.45, 2.75) is 34.1 Å². The summed E-state index contributed by atoms with van der Waals surface area (Å²) >= 11 is -0.653. The first kappa shape index (κ1) is 13.8. The molecule has 0 heterocycles. The summed E-state index contributed by atoms with van der Waals surface area (Å²) in [6, 6.07) is 8.33. The minimum Gasteiger partial charge on any atom is -0.872 e. The van der Waals surface area contributed by atoms with Gasteiger partial charge in [0.2, 0.25) is 0 Å². The van der Waals surface area contributed by atoms with Crippen molar-refractivity contribution in [3.05, 3.63) is 30.3 Å². The fourth-order valence-electron chi connectivity index (χ4n) is 1.17. The van der Waals surface area contributed by atoms with E-state index in [4.69, 9.17) is 0 Å². The van der Waals surface area contributed by atoms with Gasteiger partial charge < -0.3 is 5.11 Å². The van der Waals surface area contributed by atoms with Crippen LogP contribution in [0.2, 0.25) is 13.3 Å². The summed E-state index contributed by atoms with van der Waals surface area (Å²) in [5.74, 6) is 0.0718. The van der Waals surface area contributed by atoms with Gasteiger partial charge in [-0.2, -0.15) is 0 Å².